The lowest BCUT2D eigenvalue weighted by atomic mass is 10.0. The molecule has 1 spiro atoms. The van der Waals surface area contributed by atoms with Gasteiger partial charge in [0.05, 0.1) is 11.5 Å². The zero-order valence-corrected chi connectivity index (χ0v) is 13.7. The number of benzene rings is 1. The van der Waals surface area contributed by atoms with E-state index in [-0.39, 0.29) is 23.8 Å². The monoisotopic (exact) mass is 320 g/mol. The third-order valence-electron chi connectivity index (χ3n) is 4.75. The molecule has 0 unspecified atom stereocenters. The van der Waals surface area contributed by atoms with Crippen LogP contribution >= 0.6 is 11.8 Å². The molecule has 2 aliphatic rings. The molecule has 2 saturated heterocycles. The second-order valence-corrected chi connectivity index (χ2v) is 7.51. The normalized spacial score (nSPS) is 21.4. The quantitative estimate of drug-likeness (QED) is 0.921. The van der Waals surface area contributed by atoms with Crippen LogP contribution in [-0.2, 0) is 11.3 Å². The van der Waals surface area contributed by atoms with Crippen molar-refractivity contribution in [2.45, 2.75) is 30.7 Å². The van der Waals surface area contributed by atoms with E-state index in [0.717, 1.165) is 39.0 Å². The maximum atomic E-state index is 11.9. The molecule has 1 amide bonds. The van der Waals surface area contributed by atoms with E-state index in [0.29, 0.717) is 0 Å². The Morgan fingerprint density at radius 3 is 2.59 bits per heavy atom. The number of nitrogens with zero attached hydrogens (tertiary/aromatic N) is 2. The molecule has 1 aromatic rings. The molecule has 0 atom stereocenters. The third-order valence-corrected chi connectivity index (χ3v) is 6.34. The van der Waals surface area contributed by atoms with E-state index >= 15 is 0 Å². The Bertz CT molecular complexity index is 501. The van der Waals surface area contributed by atoms with Crippen molar-refractivity contribution in [1.82, 2.24) is 9.80 Å². The molecule has 0 radical (unpaired) electrons. The standard InChI is InChI=1S/C17H24N2O2S/c20-12-6-16(21)18-9-7-17(8-10-18)19(11-13-22-17)14-15-4-2-1-3-5-15/h1-5,20H,6-14H2. The molecule has 120 valence electrons. The van der Waals surface area contributed by atoms with Gasteiger partial charge in [0.25, 0.3) is 0 Å². The van der Waals surface area contributed by atoms with Gasteiger partial charge in [-0.1, -0.05) is 30.3 Å². The third kappa shape index (κ3) is 3.31. The zero-order chi connectivity index (χ0) is 15.4. The van der Waals surface area contributed by atoms with Gasteiger partial charge in [-0.3, -0.25) is 9.69 Å². The van der Waals surface area contributed by atoms with Gasteiger partial charge in [0.15, 0.2) is 0 Å². The van der Waals surface area contributed by atoms with E-state index in [1.54, 1.807) is 0 Å². The molecule has 2 aliphatic heterocycles. The van der Waals surface area contributed by atoms with Gasteiger partial charge in [-0.15, -0.1) is 11.8 Å². The first-order valence-corrected chi connectivity index (χ1v) is 9.04. The smallest absolute Gasteiger partial charge is 0.224 e. The summed E-state index contributed by atoms with van der Waals surface area (Å²) in [4.78, 5) is 16.6. The van der Waals surface area contributed by atoms with Gasteiger partial charge in [-0.05, 0) is 18.4 Å². The predicted octanol–water partition coefficient (Wildman–Crippen LogP) is 1.94. The van der Waals surface area contributed by atoms with Crippen molar-refractivity contribution in [2.24, 2.45) is 0 Å². The van der Waals surface area contributed by atoms with Gasteiger partial charge in [0, 0.05) is 38.4 Å². The van der Waals surface area contributed by atoms with Gasteiger partial charge in [-0.2, -0.15) is 0 Å². The summed E-state index contributed by atoms with van der Waals surface area (Å²) < 4.78 is 0. The van der Waals surface area contributed by atoms with Crippen molar-refractivity contribution in [3.8, 4) is 0 Å². The molecule has 2 heterocycles. The number of hydrogen-bond donors (Lipinski definition) is 1. The van der Waals surface area contributed by atoms with Crippen LogP contribution in [0.2, 0.25) is 0 Å². The molecule has 4 nitrogen and oxygen atoms in total. The molecule has 3 rings (SSSR count). The van der Waals surface area contributed by atoms with Crippen LogP contribution in [0.3, 0.4) is 0 Å². The summed E-state index contributed by atoms with van der Waals surface area (Å²) in [7, 11) is 0. The number of thioether (sulfide) groups is 1. The summed E-state index contributed by atoms with van der Waals surface area (Å²) in [5, 5.41) is 8.92. The van der Waals surface area contributed by atoms with E-state index in [9.17, 15) is 4.79 Å². The number of carbonyl (C=O) groups excluding carboxylic acids is 1. The highest BCUT2D eigenvalue weighted by atomic mass is 32.2. The summed E-state index contributed by atoms with van der Waals surface area (Å²) in [5.74, 6) is 1.27. The van der Waals surface area contributed by atoms with Crippen molar-refractivity contribution in [2.75, 3.05) is 32.0 Å². The van der Waals surface area contributed by atoms with E-state index in [2.05, 4.69) is 47.0 Å². The topological polar surface area (TPSA) is 43.8 Å². The van der Waals surface area contributed by atoms with Crippen molar-refractivity contribution in [1.29, 1.82) is 0 Å². The number of amides is 1. The second-order valence-electron chi connectivity index (χ2n) is 6.06. The molecule has 1 aromatic carbocycles. The van der Waals surface area contributed by atoms with Crippen LogP contribution in [0, 0.1) is 0 Å². The molecular weight excluding hydrogens is 296 g/mol. The molecule has 0 bridgehead atoms. The van der Waals surface area contributed by atoms with Gasteiger partial charge < -0.3 is 10.0 Å². The van der Waals surface area contributed by atoms with Gasteiger partial charge in [0.2, 0.25) is 5.91 Å². The highest BCUT2D eigenvalue weighted by Gasteiger charge is 2.44. The Kier molecular flexibility index (Phi) is 5.06. The van der Waals surface area contributed by atoms with Gasteiger partial charge in [-0.25, -0.2) is 0 Å². The average Bonchev–Trinajstić information content (AvgIpc) is 2.91. The zero-order valence-electron chi connectivity index (χ0n) is 12.9. The number of hydrogen-bond acceptors (Lipinski definition) is 4. The molecule has 22 heavy (non-hydrogen) atoms. The fraction of sp³-hybridized carbons (Fsp3) is 0.588. The van der Waals surface area contributed by atoms with Gasteiger partial charge in [0.1, 0.15) is 0 Å². The molecule has 0 aromatic heterocycles. The predicted molar refractivity (Wildman–Crippen MR) is 89.6 cm³/mol. The average molecular weight is 320 g/mol. The number of likely N-dealkylation sites (tertiary alicyclic amines) is 1. The summed E-state index contributed by atoms with van der Waals surface area (Å²) in [6.07, 6.45) is 2.32. The van der Waals surface area contributed by atoms with E-state index in [1.165, 1.54) is 11.3 Å². The first-order chi connectivity index (χ1) is 10.7. The van der Waals surface area contributed by atoms with E-state index in [1.807, 2.05) is 4.90 Å². The van der Waals surface area contributed by atoms with Crippen molar-refractivity contribution in [3.63, 3.8) is 0 Å². The minimum atomic E-state index is -0.0463. The summed E-state index contributed by atoms with van der Waals surface area (Å²) in [5.41, 5.74) is 1.36. The minimum Gasteiger partial charge on any atom is -0.396 e. The van der Waals surface area contributed by atoms with Crippen LogP contribution in [0.15, 0.2) is 30.3 Å². The fourth-order valence-electron chi connectivity index (χ4n) is 3.49. The van der Waals surface area contributed by atoms with Crippen LogP contribution in [0.1, 0.15) is 24.8 Å². The second kappa shape index (κ2) is 7.02. The number of piperidine rings is 1. The molecule has 1 N–H and O–H groups in total. The van der Waals surface area contributed by atoms with Crippen LogP contribution in [0.5, 0.6) is 0 Å². The number of carbonyl (C=O) groups is 1. The maximum absolute atomic E-state index is 11.9. The lowest BCUT2D eigenvalue weighted by Gasteiger charge is -2.44. The Morgan fingerprint density at radius 1 is 1.18 bits per heavy atom. The molecular formula is C17H24N2O2S. The number of aliphatic hydroxyl groups is 1. The van der Waals surface area contributed by atoms with Crippen LogP contribution in [0.25, 0.3) is 0 Å². The Balaban J connectivity index is 1.62. The largest absolute Gasteiger partial charge is 0.396 e. The fourth-order valence-corrected chi connectivity index (χ4v) is 4.99. The number of aliphatic hydroxyl groups excluding tert-OH is 1. The maximum Gasteiger partial charge on any atom is 0.224 e. The Labute approximate surface area is 136 Å². The Hall–Kier alpha value is -1.04. The van der Waals surface area contributed by atoms with Crippen LogP contribution in [-0.4, -0.2) is 57.7 Å². The summed E-state index contributed by atoms with van der Waals surface area (Å²) >= 11 is 2.06. The SMILES string of the molecule is O=C(CCO)N1CCC2(CC1)SCCN2Cc1ccccc1. The number of rotatable bonds is 4. The lowest BCUT2D eigenvalue weighted by Crippen LogP contribution is -2.51. The van der Waals surface area contributed by atoms with Crippen LogP contribution in [0.4, 0.5) is 0 Å². The highest BCUT2D eigenvalue weighted by Crippen LogP contribution is 2.44. The summed E-state index contributed by atoms with van der Waals surface area (Å²) in [6, 6.07) is 10.6. The molecule has 0 saturated carbocycles. The first-order valence-electron chi connectivity index (χ1n) is 8.05. The van der Waals surface area contributed by atoms with Crippen LogP contribution < -0.4 is 0 Å². The van der Waals surface area contributed by atoms with Crippen molar-refractivity contribution < 1.29 is 9.90 Å². The Morgan fingerprint density at radius 2 is 1.91 bits per heavy atom. The lowest BCUT2D eigenvalue weighted by molar-refractivity contribution is -0.133. The van der Waals surface area contributed by atoms with Crippen molar-refractivity contribution >= 4 is 17.7 Å². The minimum absolute atomic E-state index is 0.0463. The van der Waals surface area contributed by atoms with E-state index in [4.69, 9.17) is 5.11 Å². The highest BCUT2D eigenvalue weighted by molar-refractivity contribution is 8.00. The molecule has 0 aliphatic carbocycles. The molecule has 2 fully saturated rings. The molecule has 5 heteroatoms. The van der Waals surface area contributed by atoms with E-state index < -0.39 is 0 Å². The summed E-state index contributed by atoms with van der Waals surface area (Å²) in [6.45, 7) is 3.71. The first kappa shape index (κ1) is 15.8. The van der Waals surface area contributed by atoms with Crippen molar-refractivity contribution in [3.05, 3.63) is 35.9 Å². The van der Waals surface area contributed by atoms with Gasteiger partial charge >= 0.3 is 0 Å².